The SMILES string of the molecule is COc1ccc(CCN(Cc2cccs2)C(=O)CN(C(=O)CCl)C2CC2)cc1OC. The number of methoxy groups -OCH3 is 2. The zero-order valence-corrected chi connectivity index (χ0v) is 18.9. The molecule has 2 aromatic rings. The summed E-state index contributed by atoms with van der Waals surface area (Å²) < 4.78 is 10.7. The zero-order valence-electron chi connectivity index (χ0n) is 17.3. The monoisotopic (exact) mass is 450 g/mol. The Hall–Kier alpha value is -2.25. The number of rotatable bonds is 11. The molecule has 1 heterocycles. The second-order valence-electron chi connectivity index (χ2n) is 7.22. The number of hydrogen-bond donors (Lipinski definition) is 0. The molecule has 0 aliphatic heterocycles. The van der Waals surface area contributed by atoms with E-state index in [1.54, 1.807) is 30.5 Å². The molecular weight excluding hydrogens is 424 g/mol. The molecule has 0 bridgehead atoms. The van der Waals surface area contributed by atoms with Gasteiger partial charge in [-0.1, -0.05) is 12.1 Å². The van der Waals surface area contributed by atoms with Crippen molar-refractivity contribution in [3.05, 3.63) is 46.2 Å². The summed E-state index contributed by atoms with van der Waals surface area (Å²) in [6.45, 7) is 1.14. The predicted octanol–water partition coefficient (Wildman–Crippen LogP) is 3.57. The molecule has 1 aromatic heterocycles. The molecule has 1 aliphatic carbocycles. The number of hydrogen-bond acceptors (Lipinski definition) is 5. The normalized spacial score (nSPS) is 13.0. The van der Waals surface area contributed by atoms with Gasteiger partial charge in [0.1, 0.15) is 12.4 Å². The van der Waals surface area contributed by atoms with Gasteiger partial charge in [-0.2, -0.15) is 0 Å². The van der Waals surface area contributed by atoms with E-state index in [0.717, 1.165) is 23.3 Å². The summed E-state index contributed by atoms with van der Waals surface area (Å²) in [6, 6.07) is 9.92. The van der Waals surface area contributed by atoms with Gasteiger partial charge in [0.05, 0.1) is 20.8 Å². The Bertz CT molecular complexity index is 855. The first-order valence-electron chi connectivity index (χ1n) is 9.92. The third-order valence-corrected chi connectivity index (χ3v) is 6.22. The summed E-state index contributed by atoms with van der Waals surface area (Å²) in [4.78, 5) is 29.9. The van der Waals surface area contributed by atoms with Crippen LogP contribution in [0, 0.1) is 0 Å². The van der Waals surface area contributed by atoms with Crippen LogP contribution in [0.1, 0.15) is 23.3 Å². The minimum atomic E-state index is -0.177. The average molecular weight is 451 g/mol. The molecule has 0 atom stereocenters. The summed E-state index contributed by atoms with van der Waals surface area (Å²) in [5, 5.41) is 2.00. The molecule has 1 fully saturated rings. The molecule has 1 saturated carbocycles. The van der Waals surface area contributed by atoms with E-state index in [1.807, 2.05) is 40.6 Å². The lowest BCUT2D eigenvalue weighted by atomic mass is 10.1. The van der Waals surface area contributed by atoms with Crippen LogP contribution in [0.2, 0.25) is 0 Å². The van der Waals surface area contributed by atoms with Crippen molar-refractivity contribution in [3.8, 4) is 11.5 Å². The van der Waals surface area contributed by atoms with Gasteiger partial charge in [-0.05, 0) is 48.4 Å². The largest absolute Gasteiger partial charge is 0.493 e. The molecule has 0 saturated heterocycles. The molecule has 0 radical (unpaired) electrons. The zero-order chi connectivity index (χ0) is 21.5. The predicted molar refractivity (Wildman–Crippen MR) is 118 cm³/mol. The number of nitrogens with zero attached hydrogens (tertiary/aromatic N) is 2. The van der Waals surface area contributed by atoms with E-state index in [2.05, 4.69) is 0 Å². The van der Waals surface area contributed by atoms with E-state index in [1.165, 1.54) is 0 Å². The highest BCUT2D eigenvalue weighted by atomic mass is 35.5. The standard InChI is InChI=1S/C22H27ClN2O4S/c1-28-19-8-5-16(12-20(19)29-2)9-10-24(14-18-4-3-11-30-18)22(27)15-25(17-6-7-17)21(26)13-23/h3-5,8,11-12,17H,6-7,9-10,13-15H2,1-2H3. The Balaban J connectivity index is 1.70. The molecule has 0 N–H and O–H groups in total. The average Bonchev–Trinajstić information content (AvgIpc) is 3.48. The van der Waals surface area contributed by atoms with Crippen LogP contribution in [-0.4, -0.2) is 60.8 Å². The van der Waals surface area contributed by atoms with Crippen LogP contribution in [0.15, 0.2) is 35.7 Å². The van der Waals surface area contributed by atoms with Crippen molar-refractivity contribution in [2.24, 2.45) is 0 Å². The summed E-state index contributed by atoms with van der Waals surface area (Å²) in [5.41, 5.74) is 1.05. The Morgan fingerprint density at radius 3 is 2.50 bits per heavy atom. The van der Waals surface area contributed by atoms with Crippen LogP contribution in [0.25, 0.3) is 0 Å². The number of ether oxygens (including phenoxy) is 2. The first-order chi connectivity index (χ1) is 14.5. The van der Waals surface area contributed by atoms with E-state index in [0.29, 0.717) is 31.0 Å². The van der Waals surface area contributed by atoms with Gasteiger partial charge in [-0.3, -0.25) is 9.59 Å². The second-order valence-corrected chi connectivity index (χ2v) is 8.52. The molecule has 0 unspecified atom stereocenters. The summed E-state index contributed by atoms with van der Waals surface area (Å²) in [5.74, 6) is 1.00. The van der Waals surface area contributed by atoms with Gasteiger partial charge in [0.25, 0.3) is 0 Å². The van der Waals surface area contributed by atoms with Crippen molar-refractivity contribution in [1.82, 2.24) is 9.80 Å². The van der Waals surface area contributed by atoms with Crippen molar-refractivity contribution in [2.75, 3.05) is 33.2 Å². The van der Waals surface area contributed by atoms with Gasteiger partial charge in [-0.25, -0.2) is 0 Å². The lowest BCUT2D eigenvalue weighted by molar-refractivity contribution is -0.140. The Morgan fingerprint density at radius 1 is 1.13 bits per heavy atom. The molecule has 2 amide bonds. The van der Waals surface area contributed by atoms with Gasteiger partial charge < -0.3 is 19.3 Å². The molecule has 8 heteroatoms. The summed E-state index contributed by atoms with van der Waals surface area (Å²) in [7, 11) is 3.21. The van der Waals surface area contributed by atoms with Crippen molar-refractivity contribution in [1.29, 1.82) is 0 Å². The van der Waals surface area contributed by atoms with Crippen molar-refractivity contribution < 1.29 is 19.1 Å². The van der Waals surface area contributed by atoms with Gasteiger partial charge in [0.15, 0.2) is 11.5 Å². The molecule has 1 aromatic carbocycles. The maximum atomic E-state index is 13.1. The van der Waals surface area contributed by atoms with Crippen LogP contribution in [0.4, 0.5) is 0 Å². The Labute approximate surface area is 186 Å². The third kappa shape index (κ3) is 5.89. The van der Waals surface area contributed by atoms with Gasteiger partial charge in [-0.15, -0.1) is 22.9 Å². The summed E-state index contributed by atoms with van der Waals surface area (Å²) in [6.07, 6.45) is 2.54. The fourth-order valence-electron chi connectivity index (χ4n) is 3.31. The highest BCUT2D eigenvalue weighted by Gasteiger charge is 2.34. The number of benzene rings is 1. The highest BCUT2D eigenvalue weighted by molar-refractivity contribution is 7.09. The third-order valence-electron chi connectivity index (χ3n) is 5.13. The first kappa shape index (κ1) is 22.4. The minimum absolute atomic E-state index is 0.0609. The number of halogens is 1. The van der Waals surface area contributed by atoms with Gasteiger partial charge in [0.2, 0.25) is 11.8 Å². The van der Waals surface area contributed by atoms with Crippen molar-refractivity contribution in [3.63, 3.8) is 0 Å². The number of alkyl halides is 1. The maximum absolute atomic E-state index is 13.1. The first-order valence-corrected chi connectivity index (χ1v) is 11.3. The van der Waals surface area contributed by atoms with E-state index in [9.17, 15) is 9.59 Å². The Kier molecular flexibility index (Phi) is 7.99. The van der Waals surface area contributed by atoms with Gasteiger partial charge in [0, 0.05) is 17.5 Å². The fourth-order valence-corrected chi connectivity index (χ4v) is 4.19. The lowest BCUT2D eigenvalue weighted by Gasteiger charge is -2.27. The molecule has 3 rings (SSSR count). The van der Waals surface area contributed by atoms with Crippen LogP contribution in [-0.2, 0) is 22.6 Å². The van der Waals surface area contributed by atoms with Crippen molar-refractivity contribution >= 4 is 34.8 Å². The smallest absolute Gasteiger partial charge is 0.242 e. The molecular formula is C22H27ClN2O4S. The Morgan fingerprint density at radius 2 is 1.90 bits per heavy atom. The van der Waals surface area contributed by atoms with E-state index < -0.39 is 0 Å². The number of amides is 2. The van der Waals surface area contributed by atoms with Crippen LogP contribution in [0.3, 0.4) is 0 Å². The maximum Gasteiger partial charge on any atom is 0.242 e. The molecule has 30 heavy (non-hydrogen) atoms. The van der Waals surface area contributed by atoms with Gasteiger partial charge >= 0.3 is 0 Å². The second kappa shape index (κ2) is 10.7. The van der Waals surface area contributed by atoms with Crippen molar-refractivity contribution in [2.45, 2.75) is 31.8 Å². The van der Waals surface area contributed by atoms with E-state index in [-0.39, 0.29) is 30.3 Å². The van der Waals surface area contributed by atoms with Crippen LogP contribution in [0.5, 0.6) is 11.5 Å². The summed E-state index contributed by atoms with van der Waals surface area (Å²) >= 11 is 7.37. The molecule has 6 nitrogen and oxygen atoms in total. The lowest BCUT2D eigenvalue weighted by Crippen LogP contribution is -2.44. The molecule has 162 valence electrons. The fraction of sp³-hybridized carbons (Fsp3) is 0.455. The topological polar surface area (TPSA) is 59.1 Å². The van der Waals surface area contributed by atoms with Crippen LogP contribution < -0.4 is 9.47 Å². The number of carbonyl (C=O) groups is 2. The molecule has 0 spiro atoms. The number of carbonyl (C=O) groups excluding carboxylic acids is 2. The minimum Gasteiger partial charge on any atom is -0.493 e. The van der Waals surface area contributed by atoms with E-state index >= 15 is 0 Å². The highest BCUT2D eigenvalue weighted by Crippen LogP contribution is 2.29. The number of thiophene rings is 1. The molecule has 1 aliphatic rings. The quantitative estimate of drug-likeness (QED) is 0.491. The van der Waals surface area contributed by atoms with Crippen LogP contribution >= 0.6 is 22.9 Å². The van der Waals surface area contributed by atoms with E-state index in [4.69, 9.17) is 21.1 Å².